The second kappa shape index (κ2) is 16.5. The Labute approximate surface area is 428 Å². The van der Waals surface area contributed by atoms with E-state index >= 15 is 0 Å². The van der Waals surface area contributed by atoms with Gasteiger partial charge in [-0.05, 0) is 153 Å². The molecule has 74 heavy (non-hydrogen) atoms. The van der Waals surface area contributed by atoms with E-state index in [0.717, 1.165) is 111 Å². The number of benzene rings is 12. The molecule has 1 aliphatic carbocycles. The predicted molar refractivity (Wildman–Crippen MR) is 310 cm³/mol. The van der Waals surface area contributed by atoms with E-state index in [9.17, 15) is 0 Å². The van der Waals surface area contributed by atoms with Gasteiger partial charge < -0.3 is 18.6 Å². The molecule has 14 aromatic rings. The summed E-state index contributed by atoms with van der Waals surface area (Å²) in [7, 11) is 0. The normalized spacial score (nSPS) is 11.9. The lowest BCUT2D eigenvalue weighted by atomic mass is 9.78. The summed E-state index contributed by atoms with van der Waals surface area (Å²) in [6.45, 7) is 4.38. The fraction of sp³-hybridized carbons (Fsp3) is 0.0286. The lowest BCUT2D eigenvalue weighted by Crippen LogP contribution is -2.12. The maximum Gasteiger partial charge on any atom is 0.159 e. The van der Waals surface area contributed by atoms with Crippen molar-refractivity contribution >= 4 is 99.5 Å². The molecule has 0 radical (unpaired) electrons. The third-order valence-corrected chi connectivity index (χ3v) is 15.3. The summed E-state index contributed by atoms with van der Waals surface area (Å²) in [6, 6.07) is 87.5. The van der Waals surface area contributed by atoms with Crippen LogP contribution in [-0.4, -0.2) is 0 Å². The molecule has 15 rings (SSSR count). The van der Waals surface area contributed by atoms with Crippen molar-refractivity contribution in [2.45, 2.75) is 13.8 Å². The minimum atomic E-state index is 0.872. The van der Waals surface area contributed by atoms with E-state index in [0.29, 0.717) is 0 Å². The molecule has 2 heterocycles. The van der Waals surface area contributed by atoms with Crippen LogP contribution in [0.15, 0.2) is 251 Å². The fourth-order valence-corrected chi connectivity index (χ4v) is 11.8. The van der Waals surface area contributed by atoms with E-state index in [1.807, 2.05) is 0 Å². The zero-order chi connectivity index (χ0) is 49.0. The third kappa shape index (κ3) is 6.48. The summed E-state index contributed by atoms with van der Waals surface area (Å²) in [5.74, 6) is 0. The van der Waals surface area contributed by atoms with Crippen LogP contribution in [0.1, 0.15) is 11.1 Å². The highest BCUT2D eigenvalue weighted by molar-refractivity contribution is 6.17. The van der Waals surface area contributed by atoms with E-state index in [-0.39, 0.29) is 0 Å². The molecule has 0 N–H and O–H groups in total. The van der Waals surface area contributed by atoms with Gasteiger partial charge in [0.25, 0.3) is 0 Å². The Morgan fingerprint density at radius 1 is 0.257 bits per heavy atom. The van der Waals surface area contributed by atoms with E-state index < -0.39 is 0 Å². The van der Waals surface area contributed by atoms with Gasteiger partial charge in [-0.15, -0.1) is 0 Å². The molecule has 12 aromatic carbocycles. The number of hydrogen-bond acceptors (Lipinski definition) is 4. The van der Waals surface area contributed by atoms with Gasteiger partial charge in [-0.2, -0.15) is 0 Å². The quantitative estimate of drug-likeness (QED) is 0.152. The molecule has 0 unspecified atom stereocenters. The van der Waals surface area contributed by atoms with Crippen molar-refractivity contribution in [1.82, 2.24) is 0 Å². The van der Waals surface area contributed by atoms with Crippen molar-refractivity contribution in [2.24, 2.45) is 0 Å². The van der Waals surface area contributed by atoms with Gasteiger partial charge >= 0.3 is 0 Å². The van der Waals surface area contributed by atoms with E-state index in [4.69, 9.17) is 8.83 Å². The Bertz CT molecular complexity index is 4260. The molecule has 0 aliphatic heterocycles. The molecular weight excluding hydrogens is 901 g/mol. The van der Waals surface area contributed by atoms with Crippen LogP contribution >= 0.6 is 0 Å². The molecule has 0 saturated heterocycles. The first-order valence-electron chi connectivity index (χ1n) is 25.4. The van der Waals surface area contributed by atoms with Crippen LogP contribution in [0.3, 0.4) is 0 Å². The summed E-state index contributed by atoms with van der Waals surface area (Å²) < 4.78 is 14.1. The van der Waals surface area contributed by atoms with Crippen LogP contribution in [0.4, 0.5) is 34.1 Å². The van der Waals surface area contributed by atoms with Gasteiger partial charge in [-0.3, -0.25) is 0 Å². The second-order valence-corrected chi connectivity index (χ2v) is 19.7. The molecule has 4 nitrogen and oxygen atoms in total. The van der Waals surface area contributed by atoms with Gasteiger partial charge in [0.15, 0.2) is 11.2 Å². The number of aryl methyl sites for hydroxylation is 2. The number of fused-ring (bicyclic) bond motifs is 12. The van der Waals surface area contributed by atoms with Gasteiger partial charge in [-0.1, -0.05) is 170 Å². The Balaban J connectivity index is 0.850. The van der Waals surface area contributed by atoms with E-state index in [1.54, 1.807) is 0 Å². The fourth-order valence-electron chi connectivity index (χ4n) is 11.8. The minimum absolute atomic E-state index is 0.872. The molecule has 2 aromatic heterocycles. The van der Waals surface area contributed by atoms with Crippen molar-refractivity contribution in [1.29, 1.82) is 0 Å². The number of anilines is 6. The number of rotatable bonds is 8. The zero-order valence-corrected chi connectivity index (χ0v) is 40.8. The second-order valence-electron chi connectivity index (χ2n) is 19.7. The van der Waals surface area contributed by atoms with Gasteiger partial charge in [0.05, 0.1) is 11.4 Å². The Kier molecular flexibility index (Phi) is 9.36. The third-order valence-electron chi connectivity index (χ3n) is 15.3. The largest absolute Gasteiger partial charge is 0.453 e. The van der Waals surface area contributed by atoms with Gasteiger partial charge in [0, 0.05) is 55.4 Å². The highest BCUT2D eigenvalue weighted by Gasteiger charge is 2.28. The number of furan rings is 2. The van der Waals surface area contributed by atoms with Gasteiger partial charge in [0.1, 0.15) is 11.2 Å². The minimum Gasteiger partial charge on any atom is -0.453 e. The van der Waals surface area contributed by atoms with Crippen LogP contribution < -0.4 is 9.80 Å². The molecule has 348 valence electrons. The van der Waals surface area contributed by atoms with Crippen molar-refractivity contribution < 1.29 is 8.83 Å². The van der Waals surface area contributed by atoms with Crippen LogP contribution in [0, 0.1) is 13.8 Å². The molecule has 0 atom stereocenters. The highest BCUT2D eigenvalue weighted by atomic mass is 16.3. The number of para-hydroxylation sites is 4. The van der Waals surface area contributed by atoms with Crippen LogP contribution in [0.5, 0.6) is 0 Å². The Morgan fingerprint density at radius 2 is 0.622 bits per heavy atom. The van der Waals surface area contributed by atoms with Crippen LogP contribution in [-0.2, 0) is 0 Å². The summed E-state index contributed by atoms with van der Waals surface area (Å²) in [5.41, 5.74) is 21.7. The maximum absolute atomic E-state index is 7.06. The summed E-state index contributed by atoms with van der Waals surface area (Å²) in [4.78, 5) is 4.75. The lowest BCUT2D eigenvalue weighted by molar-refractivity contribution is 0.669. The number of nitrogens with zero attached hydrogens (tertiary/aromatic N) is 2. The smallest absolute Gasteiger partial charge is 0.159 e. The molecule has 0 amide bonds. The highest BCUT2D eigenvalue weighted by Crippen LogP contribution is 2.53. The molecule has 0 fully saturated rings. The van der Waals surface area contributed by atoms with Crippen molar-refractivity contribution in [3.8, 4) is 44.5 Å². The van der Waals surface area contributed by atoms with Crippen molar-refractivity contribution in [2.75, 3.05) is 9.80 Å². The monoisotopic (exact) mass is 946 g/mol. The zero-order valence-electron chi connectivity index (χ0n) is 40.8. The SMILES string of the molecule is Cc1ccc2c(oc3c(-c4ccccc4)cccc32)c1N(c1ccccc1)c1ccc2cc3c(cc2c1)-c1cc2cc(N(c4ccccc4)c4c(C)ccc5c4oc4c(-c6ccccc6)cccc45)ccc2cc1-3. The molecule has 0 saturated carbocycles. The molecule has 0 bridgehead atoms. The molecule has 0 spiro atoms. The standard InChI is InChI=1S/C70H46N2O2/c1-43-29-35-59-57-27-15-25-55(45-17-7-3-8-18-45)67(57)73-69(59)65(43)71(51-21-11-5-12-22-51)53-33-31-47-39-61-62-40-48-32-34-54(38-50(48)42-64(62)63(61)41-49(47)37-53)72(52-23-13-6-14-24-52)66-44(2)30-36-60-58-28-16-26-56(68(58)74-70(60)66)46-19-9-4-10-20-46/h3-42H,1-2H3. The Hall–Kier alpha value is -9.64. The summed E-state index contributed by atoms with van der Waals surface area (Å²) in [5, 5.41) is 9.19. The first-order valence-corrected chi connectivity index (χ1v) is 25.4. The summed E-state index contributed by atoms with van der Waals surface area (Å²) >= 11 is 0. The average molecular weight is 947 g/mol. The molecule has 4 heteroatoms. The average Bonchev–Trinajstić information content (AvgIpc) is 4.05. The first kappa shape index (κ1) is 42.1. The van der Waals surface area contributed by atoms with Gasteiger partial charge in [0.2, 0.25) is 0 Å². The Morgan fingerprint density at radius 3 is 1.03 bits per heavy atom. The topological polar surface area (TPSA) is 32.8 Å². The van der Waals surface area contributed by atoms with Crippen LogP contribution in [0.2, 0.25) is 0 Å². The van der Waals surface area contributed by atoms with Crippen LogP contribution in [0.25, 0.3) is 110 Å². The molecular formula is C70H46N2O2. The first-order chi connectivity index (χ1) is 36.5. The number of hydrogen-bond donors (Lipinski definition) is 0. The lowest BCUT2D eigenvalue weighted by Gasteiger charge is -2.29. The predicted octanol–water partition coefficient (Wildman–Crippen LogP) is 20.3. The van der Waals surface area contributed by atoms with Gasteiger partial charge in [-0.25, -0.2) is 0 Å². The molecule has 1 aliphatic rings. The van der Waals surface area contributed by atoms with Crippen molar-refractivity contribution in [3.05, 3.63) is 254 Å². The van der Waals surface area contributed by atoms with E-state index in [1.165, 1.54) is 43.8 Å². The van der Waals surface area contributed by atoms with Crippen molar-refractivity contribution in [3.63, 3.8) is 0 Å². The van der Waals surface area contributed by atoms with E-state index in [2.05, 4.69) is 266 Å². The maximum atomic E-state index is 7.06. The summed E-state index contributed by atoms with van der Waals surface area (Å²) in [6.07, 6.45) is 0.